The fraction of sp³-hybridized carbons (Fsp3) is 0.294. The van der Waals surface area contributed by atoms with Crippen LogP contribution in [0.25, 0.3) is 17.0 Å². The Bertz CT molecular complexity index is 783. The molecule has 0 saturated heterocycles. The molecule has 0 radical (unpaired) electrons. The van der Waals surface area contributed by atoms with Crippen LogP contribution in [0.15, 0.2) is 29.8 Å². The van der Waals surface area contributed by atoms with Gasteiger partial charge in [0.05, 0.1) is 13.0 Å². The van der Waals surface area contributed by atoms with Gasteiger partial charge in [-0.2, -0.15) is 0 Å². The van der Waals surface area contributed by atoms with Gasteiger partial charge in [0.25, 0.3) is 0 Å². The third-order valence-electron chi connectivity index (χ3n) is 4.26. The number of nitrogens with zero attached hydrogens (tertiary/aromatic N) is 1. The second-order valence-electron chi connectivity index (χ2n) is 5.40. The fourth-order valence-electron chi connectivity index (χ4n) is 3.12. The van der Waals surface area contributed by atoms with Crippen molar-refractivity contribution in [1.29, 1.82) is 0 Å². The molecule has 0 aliphatic heterocycles. The largest absolute Gasteiger partial charge is 0.466 e. The number of esters is 1. The summed E-state index contributed by atoms with van der Waals surface area (Å²) in [5, 5.41) is 1.10. The standard InChI is InChI=1S/C17H17NO3/c1-10(19)12-9-16-13(8-14(12)17(20)21-3)11-6-4-5-7-15(11)18(16)2/h4-8,12H,9H2,1-3H3. The van der Waals surface area contributed by atoms with Crippen molar-refractivity contribution in [3.8, 4) is 0 Å². The lowest BCUT2D eigenvalue weighted by molar-refractivity contribution is -0.138. The van der Waals surface area contributed by atoms with E-state index in [-0.39, 0.29) is 5.78 Å². The Balaban J connectivity index is 2.27. The molecular weight excluding hydrogens is 266 g/mol. The van der Waals surface area contributed by atoms with Crippen LogP contribution in [-0.2, 0) is 27.8 Å². The molecule has 3 rings (SSSR count). The number of carbonyl (C=O) groups excluding carboxylic acids is 2. The van der Waals surface area contributed by atoms with E-state index in [0.29, 0.717) is 12.0 Å². The minimum Gasteiger partial charge on any atom is -0.466 e. The SMILES string of the molecule is COC(=O)C1=Cc2c(n(C)c3ccccc23)CC1C(C)=O. The van der Waals surface area contributed by atoms with Crippen LogP contribution in [0.2, 0.25) is 0 Å². The molecule has 0 N–H and O–H groups in total. The Morgan fingerprint density at radius 2 is 2.00 bits per heavy atom. The maximum Gasteiger partial charge on any atom is 0.334 e. The fourth-order valence-corrected chi connectivity index (χ4v) is 3.12. The number of para-hydroxylation sites is 1. The van der Waals surface area contributed by atoms with Gasteiger partial charge in [0.1, 0.15) is 5.78 Å². The van der Waals surface area contributed by atoms with Gasteiger partial charge in [-0.15, -0.1) is 0 Å². The van der Waals surface area contributed by atoms with Crippen LogP contribution >= 0.6 is 0 Å². The summed E-state index contributed by atoms with van der Waals surface area (Å²) in [6.07, 6.45) is 2.36. The number of methoxy groups -OCH3 is 1. The number of Topliss-reactive ketones (excluding diaryl/α,β-unsaturated/α-hetero) is 1. The molecule has 0 saturated carbocycles. The number of ketones is 1. The van der Waals surface area contributed by atoms with Crippen LogP contribution in [0.1, 0.15) is 18.2 Å². The Kier molecular flexibility index (Phi) is 3.16. The highest BCUT2D eigenvalue weighted by Gasteiger charge is 2.32. The number of carbonyl (C=O) groups is 2. The van der Waals surface area contributed by atoms with Crippen LogP contribution in [0.5, 0.6) is 0 Å². The summed E-state index contributed by atoms with van der Waals surface area (Å²) in [6.45, 7) is 1.52. The monoisotopic (exact) mass is 283 g/mol. The summed E-state index contributed by atoms with van der Waals surface area (Å²) in [7, 11) is 3.34. The third kappa shape index (κ3) is 1.98. The number of fused-ring (bicyclic) bond motifs is 3. The topological polar surface area (TPSA) is 48.3 Å². The zero-order chi connectivity index (χ0) is 15.1. The summed E-state index contributed by atoms with van der Waals surface area (Å²) in [5.74, 6) is -0.857. The highest BCUT2D eigenvalue weighted by Crippen LogP contribution is 2.36. The van der Waals surface area contributed by atoms with Gasteiger partial charge < -0.3 is 9.30 Å². The molecule has 0 amide bonds. The molecule has 4 nitrogen and oxygen atoms in total. The van der Waals surface area contributed by atoms with Crippen molar-refractivity contribution < 1.29 is 14.3 Å². The van der Waals surface area contributed by atoms with Crippen molar-refractivity contribution in [2.75, 3.05) is 7.11 Å². The van der Waals surface area contributed by atoms with Crippen LogP contribution < -0.4 is 0 Å². The molecule has 1 aliphatic carbocycles. The first-order valence-electron chi connectivity index (χ1n) is 6.91. The lowest BCUT2D eigenvalue weighted by Crippen LogP contribution is -2.26. The van der Waals surface area contributed by atoms with E-state index in [1.807, 2.05) is 37.4 Å². The van der Waals surface area contributed by atoms with Gasteiger partial charge in [-0.1, -0.05) is 18.2 Å². The summed E-state index contributed by atoms with van der Waals surface area (Å²) in [5.41, 5.74) is 3.66. The first kappa shape index (κ1) is 13.6. The minimum absolute atomic E-state index is 0.0115. The lowest BCUT2D eigenvalue weighted by Gasteiger charge is -2.21. The number of ether oxygens (including phenoxy) is 1. The Morgan fingerprint density at radius 1 is 1.29 bits per heavy atom. The predicted octanol–water partition coefficient (Wildman–Crippen LogP) is 2.50. The molecule has 1 aromatic carbocycles. The minimum atomic E-state index is -0.423. The van der Waals surface area contributed by atoms with E-state index < -0.39 is 11.9 Å². The molecule has 21 heavy (non-hydrogen) atoms. The Labute approximate surface area is 123 Å². The second kappa shape index (κ2) is 4.88. The van der Waals surface area contributed by atoms with Crippen LogP contribution in [0.3, 0.4) is 0 Å². The van der Waals surface area contributed by atoms with Crippen molar-refractivity contribution in [1.82, 2.24) is 4.57 Å². The summed E-state index contributed by atoms with van der Waals surface area (Å²) in [6, 6.07) is 8.04. The average molecular weight is 283 g/mol. The predicted molar refractivity (Wildman–Crippen MR) is 80.8 cm³/mol. The van der Waals surface area contributed by atoms with Gasteiger partial charge in [-0.25, -0.2) is 4.79 Å². The summed E-state index contributed by atoms with van der Waals surface area (Å²) >= 11 is 0. The highest BCUT2D eigenvalue weighted by molar-refractivity contribution is 6.05. The van der Waals surface area contributed by atoms with E-state index in [0.717, 1.165) is 22.2 Å². The van der Waals surface area contributed by atoms with Gasteiger partial charge >= 0.3 is 5.97 Å². The number of hydrogen-bond acceptors (Lipinski definition) is 3. The zero-order valence-electron chi connectivity index (χ0n) is 12.3. The summed E-state index contributed by atoms with van der Waals surface area (Å²) < 4.78 is 6.94. The van der Waals surface area contributed by atoms with Gasteiger partial charge in [0, 0.05) is 41.2 Å². The second-order valence-corrected chi connectivity index (χ2v) is 5.40. The van der Waals surface area contributed by atoms with E-state index in [9.17, 15) is 9.59 Å². The van der Waals surface area contributed by atoms with Crippen LogP contribution in [-0.4, -0.2) is 23.4 Å². The Morgan fingerprint density at radius 3 is 2.67 bits per heavy atom. The first-order chi connectivity index (χ1) is 10.0. The van der Waals surface area contributed by atoms with E-state index >= 15 is 0 Å². The van der Waals surface area contributed by atoms with Crippen molar-refractivity contribution in [2.24, 2.45) is 13.0 Å². The Hall–Kier alpha value is -2.36. The van der Waals surface area contributed by atoms with Gasteiger partial charge in [0.2, 0.25) is 0 Å². The molecule has 1 aliphatic rings. The molecule has 4 heteroatoms. The van der Waals surface area contributed by atoms with E-state index in [4.69, 9.17) is 4.74 Å². The number of aryl methyl sites for hydroxylation is 1. The zero-order valence-corrected chi connectivity index (χ0v) is 12.3. The normalized spacial score (nSPS) is 17.3. The molecule has 108 valence electrons. The molecule has 0 spiro atoms. The lowest BCUT2D eigenvalue weighted by atomic mass is 9.83. The maximum absolute atomic E-state index is 12.0. The van der Waals surface area contributed by atoms with Crippen LogP contribution in [0, 0.1) is 5.92 Å². The average Bonchev–Trinajstić information content (AvgIpc) is 2.78. The molecule has 1 heterocycles. The number of aromatic nitrogens is 1. The van der Waals surface area contributed by atoms with Gasteiger partial charge in [-0.05, 0) is 19.1 Å². The molecule has 1 atom stereocenters. The first-order valence-corrected chi connectivity index (χ1v) is 6.91. The van der Waals surface area contributed by atoms with Crippen molar-refractivity contribution >= 4 is 28.7 Å². The molecule has 1 aromatic heterocycles. The van der Waals surface area contributed by atoms with E-state index in [1.54, 1.807) is 0 Å². The molecule has 2 aromatic rings. The smallest absolute Gasteiger partial charge is 0.334 e. The van der Waals surface area contributed by atoms with E-state index in [2.05, 4.69) is 4.57 Å². The third-order valence-corrected chi connectivity index (χ3v) is 4.26. The number of hydrogen-bond donors (Lipinski definition) is 0. The highest BCUT2D eigenvalue weighted by atomic mass is 16.5. The van der Waals surface area contributed by atoms with Crippen molar-refractivity contribution in [2.45, 2.75) is 13.3 Å². The molecular formula is C17H17NO3. The summed E-state index contributed by atoms with van der Waals surface area (Å²) in [4.78, 5) is 23.9. The van der Waals surface area contributed by atoms with E-state index in [1.165, 1.54) is 14.0 Å². The van der Waals surface area contributed by atoms with Crippen LogP contribution in [0.4, 0.5) is 0 Å². The molecule has 1 unspecified atom stereocenters. The van der Waals surface area contributed by atoms with Gasteiger partial charge in [-0.3, -0.25) is 4.79 Å². The number of rotatable bonds is 2. The quantitative estimate of drug-likeness (QED) is 0.796. The molecule has 0 bridgehead atoms. The van der Waals surface area contributed by atoms with Crippen molar-refractivity contribution in [3.63, 3.8) is 0 Å². The number of benzene rings is 1. The maximum atomic E-state index is 12.0. The molecule has 0 fully saturated rings. The van der Waals surface area contributed by atoms with Crippen molar-refractivity contribution in [3.05, 3.63) is 41.1 Å². The van der Waals surface area contributed by atoms with Gasteiger partial charge in [0.15, 0.2) is 0 Å².